The third kappa shape index (κ3) is 6.60. The van der Waals surface area contributed by atoms with Crippen molar-refractivity contribution < 1.29 is 9.47 Å². The minimum atomic E-state index is 0.333. The molecule has 108 valence electrons. The number of benzene rings is 1. The van der Waals surface area contributed by atoms with Gasteiger partial charge in [-0.25, -0.2) is 0 Å². The summed E-state index contributed by atoms with van der Waals surface area (Å²) in [7, 11) is 1.69. The quantitative estimate of drug-likeness (QED) is 0.694. The number of methoxy groups -OCH3 is 1. The fraction of sp³-hybridized carbons (Fsp3) is 0.625. The van der Waals surface area contributed by atoms with Crippen molar-refractivity contribution in [2.24, 2.45) is 5.92 Å². The third-order valence-electron chi connectivity index (χ3n) is 3.15. The van der Waals surface area contributed by atoms with E-state index in [2.05, 4.69) is 38.2 Å². The molecule has 0 saturated heterocycles. The zero-order valence-corrected chi connectivity index (χ0v) is 12.6. The van der Waals surface area contributed by atoms with E-state index in [9.17, 15) is 0 Å². The Balaban J connectivity index is 2.17. The van der Waals surface area contributed by atoms with Gasteiger partial charge in [-0.15, -0.1) is 0 Å². The lowest BCUT2D eigenvalue weighted by Gasteiger charge is -2.15. The Morgan fingerprint density at radius 3 is 2.32 bits per heavy atom. The standard InChI is InChI=1S/C16H27NO2/c1-13(2)9-11-19-12-10-17-14(3)15-5-7-16(18-4)8-6-15/h5-8,13-14,17H,9-12H2,1-4H3/t14-/m0/s1. The van der Waals surface area contributed by atoms with Crippen LogP contribution < -0.4 is 10.1 Å². The lowest BCUT2D eigenvalue weighted by molar-refractivity contribution is 0.123. The van der Waals surface area contributed by atoms with Crippen molar-refractivity contribution in [3.8, 4) is 5.75 Å². The molecule has 0 aromatic heterocycles. The molecule has 0 unspecified atom stereocenters. The predicted octanol–water partition coefficient (Wildman–Crippen LogP) is 3.41. The summed E-state index contributed by atoms with van der Waals surface area (Å²) in [5.41, 5.74) is 1.27. The minimum Gasteiger partial charge on any atom is -0.497 e. The van der Waals surface area contributed by atoms with Gasteiger partial charge in [-0.1, -0.05) is 26.0 Å². The van der Waals surface area contributed by atoms with E-state index < -0.39 is 0 Å². The third-order valence-corrected chi connectivity index (χ3v) is 3.15. The van der Waals surface area contributed by atoms with Crippen LogP contribution in [0.25, 0.3) is 0 Å². The van der Waals surface area contributed by atoms with Crippen LogP contribution in [0.1, 0.15) is 38.8 Å². The molecule has 0 aliphatic rings. The second-order valence-corrected chi connectivity index (χ2v) is 5.24. The normalized spacial score (nSPS) is 12.7. The summed E-state index contributed by atoms with van der Waals surface area (Å²) in [6.45, 7) is 9.10. The van der Waals surface area contributed by atoms with Crippen molar-refractivity contribution in [1.82, 2.24) is 5.32 Å². The topological polar surface area (TPSA) is 30.5 Å². The van der Waals surface area contributed by atoms with Gasteiger partial charge < -0.3 is 14.8 Å². The van der Waals surface area contributed by atoms with Gasteiger partial charge in [0.25, 0.3) is 0 Å². The van der Waals surface area contributed by atoms with E-state index in [0.29, 0.717) is 12.0 Å². The van der Waals surface area contributed by atoms with Crippen LogP contribution >= 0.6 is 0 Å². The van der Waals surface area contributed by atoms with E-state index in [1.807, 2.05) is 12.1 Å². The molecule has 0 amide bonds. The van der Waals surface area contributed by atoms with Crippen molar-refractivity contribution in [3.05, 3.63) is 29.8 Å². The van der Waals surface area contributed by atoms with E-state index in [0.717, 1.165) is 31.9 Å². The highest BCUT2D eigenvalue weighted by atomic mass is 16.5. The van der Waals surface area contributed by atoms with Crippen LogP contribution in [-0.4, -0.2) is 26.9 Å². The van der Waals surface area contributed by atoms with E-state index >= 15 is 0 Å². The first kappa shape index (κ1) is 16.0. The first-order valence-electron chi connectivity index (χ1n) is 7.08. The van der Waals surface area contributed by atoms with Gasteiger partial charge in [-0.05, 0) is 37.0 Å². The Bertz CT molecular complexity index is 335. The summed E-state index contributed by atoms with van der Waals surface area (Å²) in [4.78, 5) is 0. The van der Waals surface area contributed by atoms with Gasteiger partial charge in [-0.3, -0.25) is 0 Å². The Hall–Kier alpha value is -1.06. The van der Waals surface area contributed by atoms with E-state index in [1.165, 1.54) is 5.56 Å². The summed E-state index contributed by atoms with van der Waals surface area (Å²) in [5.74, 6) is 1.61. The van der Waals surface area contributed by atoms with Crippen LogP contribution in [0.5, 0.6) is 5.75 Å². The Morgan fingerprint density at radius 2 is 1.74 bits per heavy atom. The molecule has 1 N–H and O–H groups in total. The molecule has 1 aromatic rings. The smallest absolute Gasteiger partial charge is 0.118 e. The molecule has 0 bridgehead atoms. The zero-order chi connectivity index (χ0) is 14.1. The lowest BCUT2D eigenvalue weighted by Crippen LogP contribution is -2.23. The van der Waals surface area contributed by atoms with Crippen molar-refractivity contribution in [1.29, 1.82) is 0 Å². The average Bonchev–Trinajstić information content (AvgIpc) is 2.42. The second kappa shape index (κ2) is 8.94. The Kier molecular flexibility index (Phi) is 7.53. The zero-order valence-electron chi connectivity index (χ0n) is 12.6. The van der Waals surface area contributed by atoms with Crippen molar-refractivity contribution in [3.63, 3.8) is 0 Å². The molecule has 3 nitrogen and oxygen atoms in total. The molecule has 0 heterocycles. The highest BCUT2D eigenvalue weighted by Crippen LogP contribution is 2.16. The van der Waals surface area contributed by atoms with Crippen molar-refractivity contribution in [2.75, 3.05) is 26.9 Å². The average molecular weight is 265 g/mol. The SMILES string of the molecule is COc1ccc([C@H](C)NCCOCCC(C)C)cc1. The Labute approximate surface area is 117 Å². The maximum atomic E-state index is 5.58. The summed E-state index contributed by atoms with van der Waals surface area (Å²) in [5, 5.41) is 3.46. The molecule has 1 atom stereocenters. The van der Waals surface area contributed by atoms with Crippen LogP contribution in [0.15, 0.2) is 24.3 Å². The highest BCUT2D eigenvalue weighted by Gasteiger charge is 2.04. The predicted molar refractivity (Wildman–Crippen MR) is 79.7 cm³/mol. The van der Waals surface area contributed by atoms with Crippen LogP contribution in [0.3, 0.4) is 0 Å². The molecule has 19 heavy (non-hydrogen) atoms. The molecule has 0 aliphatic heterocycles. The fourth-order valence-corrected chi connectivity index (χ4v) is 1.78. The molecule has 0 fully saturated rings. The van der Waals surface area contributed by atoms with Crippen molar-refractivity contribution >= 4 is 0 Å². The van der Waals surface area contributed by atoms with Crippen LogP contribution in [-0.2, 0) is 4.74 Å². The lowest BCUT2D eigenvalue weighted by atomic mass is 10.1. The number of hydrogen-bond acceptors (Lipinski definition) is 3. The van der Waals surface area contributed by atoms with Crippen LogP contribution in [0.2, 0.25) is 0 Å². The maximum Gasteiger partial charge on any atom is 0.118 e. The number of ether oxygens (including phenoxy) is 2. The van der Waals surface area contributed by atoms with Gasteiger partial charge in [0.2, 0.25) is 0 Å². The maximum absolute atomic E-state index is 5.58. The number of hydrogen-bond donors (Lipinski definition) is 1. The molecule has 0 spiro atoms. The van der Waals surface area contributed by atoms with Crippen LogP contribution in [0, 0.1) is 5.92 Å². The summed E-state index contributed by atoms with van der Waals surface area (Å²) in [6.07, 6.45) is 1.13. The number of rotatable bonds is 9. The first-order valence-corrected chi connectivity index (χ1v) is 7.08. The van der Waals surface area contributed by atoms with E-state index in [-0.39, 0.29) is 0 Å². The largest absolute Gasteiger partial charge is 0.497 e. The molecular weight excluding hydrogens is 238 g/mol. The van der Waals surface area contributed by atoms with Gasteiger partial charge in [0.15, 0.2) is 0 Å². The van der Waals surface area contributed by atoms with Gasteiger partial charge in [0.1, 0.15) is 5.75 Å². The molecule has 0 radical (unpaired) electrons. The van der Waals surface area contributed by atoms with Crippen molar-refractivity contribution in [2.45, 2.75) is 33.2 Å². The highest BCUT2D eigenvalue weighted by molar-refractivity contribution is 5.28. The summed E-state index contributed by atoms with van der Waals surface area (Å²) >= 11 is 0. The molecular formula is C16H27NO2. The second-order valence-electron chi connectivity index (χ2n) is 5.24. The summed E-state index contributed by atoms with van der Waals surface area (Å²) < 4.78 is 10.7. The van der Waals surface area contributed by atoms with Gasteiger partial charge in [0.05, 0.1) is 13.7 Å². The first-order chi connectivity index (χ1) is 9.13. The molecule has 0 aliphatic carbocycles. The van der Waals surface area contributed by atoms with Gasteiger partial charge >= 0.3 is 0 Å². The fourth-order valence-electron chi connectivity index (χ4n) is 1.78. The van der Waals surface area contributed by atoms with Crippen LogP contribution in [0.4, 0.5) is 0 Å². The molecule has 1 aromatic carbocycles. The number of nitrogens with one attached hydrogen (secondary N) is 1. The van der Waals surface area contributed by atoms with Gasteiger partial charge in [0, 0.05) is 19.2 Å². The van der Waals surface area contributed by atoms with Gasteiger partial charge in [-0.2, -0.15) is 0 Å². The van der Waals surface area contributed by atoms with E-state index in [4.69, 9.17) is 9.47 Å². The molecule has 0 saturated carbocycles. The Morgan fingerprint density at radius 1 is 1.05 bits per heavy atom. The molecule has 1 rings (SSSR count). The minimum absolute atomic E-state index is 0.333. The summed E-state index contributed by atoms with van der Waals surface area (Å²) in [6, 6.07) is 8.51. The molecule has 3 heteroatoms. The van der Waals surface area contributed by atoms with E-state index in [1.54, 1.807) is 7.11 Å². The monoisotopic (exact) mass is 265 g/mol.